The molecule has 4 N–H and O–H groups in total. The summed E-state index contributed by atoms with van der Waals surface area (Å²) < 4.78 is 5.00. The zero-order valence-electron chi connectivity index (χ0n) is 12.5. The summed E-state index contributed by atoms with van der Waals surface area (Å²) in [5, 5.41) is 3.42. The Morgan fingerprint density at radius 2 is 2.05 bits per heavy atom. The summed E-state index contributed by atoms with van der Waals surface area (Å²) in [6.07, 6.45) is 8.71. The minimum Gasteiger partial charge on any atom is -0.385 e. The van der Waals surface area contributed by atoms with Crippen LogP contribution in [0.4, 0.5) is 0 Å². The SMILES string of the molecule is CCCC1CCC(NC(=NCCCOC)NN)CC1. The smallest absolute Gasteiger partial charge is 0.205 e. The lowest BCUT2D eigenvalue weighted by Crippen LogP contribution is -2.47. The van der Waals surface area contributed by atoms with Crippen LogP contribution in [0.15, 0.2) is 4.99 Å². The number of nitrogens with two attached hydrogens (primary N) is 1. The van der Waals surface area contributed by atoms with Crippen LogP contribution in [0.2, 0.25) is 0 Å². The molecule has 1 rings (SSSR count). The zero-order valence-corrected chi connectivity index (χ0v) is 12.5. The summed E-state index contributed by atoms with van der Waals surface area (Å²) in [4.78, 5) is 4.42. The topological polar surface area (TPSA) is 71.7 Å². The Morgan fingerprint density at radius 1 is 1.32 bits per heavy atom. The molecule has 0 atom stereocenters. The maximum absolute atomic E-state index is 5.51. The number of methoxy groups -OCH3 is 1. The average molecular weight is 270 g/mol. The lowest BCUT2D eigenvalue weighted by atomic mass is 9.83. The second-order valence-electron chi connectivity index (χ2n) is 5.37. The molecule has 5 nitrogen and oxygen atoms in total. The molecule has 0 amide bonds. The maximum atomic E-state index is 5.51. The van der Waals surface area contributed by atoms with E-state index in [0.29, 0.717) is 6.04 Å². The molecule has 0 unspecified atom stereocenters. The quantitative estimate of drug-likeness (QED) is 0.217. The van der Waals surface area contributed by atoms with E-state index in [9.17, 15) is 0 Å². The van der Waals surface area contributed by atoms with Crippen molar-refractivity contribution in [2.45, 2.75) is 57.9 Å². The monoisotopic (exact) mass is 270 g/mol. The van der Waals surface area contributed by atoms with Crippen LogP contribution in [0.1, 0.15) is 51.9 Å². The second-order valence-corrected chi connectivity index (χ2v) is 5.37. The number of guanidine groups is 1. The number of hydrogen-bond acceptors (Lipinski definition) is 3. The van der Waals surface area contributed by atoms with Crippen LogP contribution in [-0.2, 0) is 4.74 Å². The van der Waals surface area contributed by atoms with E-state index in [0.717, 1.165) is 31.4 Å². The summed E-state index contributed by atoms with van der Waals surface area (Å²) >= 11 is 0. The number of ether oxygens (including phenoxy) is 1. The van der Waals surface area contributed by atoms with Crippen molar-refractivity contribution in [2.24, 2.45) is 16.8 Å². The minimum absolute atomic E-state index is 0.519. The third kappa shape index (κ3) is 6.78. The highest BCUT2D eigenvalue weighted by Gasteiger charge is 2.20. The molecule has 19 heavy (non-hydrogen) atoms. The summed E-state index contributed by atoms with van der Waals surface area (Å²) in [6, 6.07) is 0.519. The van der Waals surface area contributed by atoms with Gasteiger partial charge in [0.1, 0.15) is 0 Å². The van der Waals surface area contributed by atoms with Gasteiger partial charge in [-0.1, -0.05) is 19.8 Å². The molecular weight excluding hydrogens is 240 g/mol. The molecule has 112 valence electrons. The molecule has 0 aliphatic heterocycles. The van der Waals surface area contributed by atoms with Crippen LogP contribution >= 0.6 is 0 Å². The fraction of sp³-hybridized carbons (Fsp3) is 0.929. The summed E-state index contributed by atoms with van der Waals surface area (Å²) in [7, 11) is 1.71. The van der Waals surface area contributed by atoms with E-state index in [1.54, 1.807) is 7.11 Å². The van der Waals surface area contributed by atoms with Crippen molar-refractivity contribution < 1.29 is 4.74 Å². The van der Waals surface area contributed by atoms with Crippen molar-refractivity contribution in [1.82, 2.24) is 10.7 Å². The van der Waals surface area contributed by atoms with Gasteiger partial charge in [0.15, 0.2) is 0 Å². The molecule has 0 aromatic rings. The Bertz CT molecular complexity index is 250. The normalized spacial score (nSPS) is 24.3. The Labute approximate surface area is 117 Å². The first kappa shape index (κ1) is 16.2. The molecule has 1 aliphatic rings. The van der Waals surface area contributed by atoms with Crippen LogP contribution in [0, 0.1) is 5.92 Å². The second kappa shape index (κ2) is 10.0. The van der Waals surface area contributed by atoms with Gasteiger partial charge in [-0.15, -0.1) is 0 Å². The van der Waals surface area contributed by atoms with Crippen molar-refractivity contribution in [2.75, 3.05) is 20.3 Å². The lowest BCUT2D eigenvalue weighted by Gasteiger charge is -2.29. The van der Waals surface area contributed by atoms with Crippen LogP contribution in [0.5, 0.6) is 0 Å². The molecule has 0 aromatic heterocycles. The van der Waals surface area contributed by atoms with Crippen molar-refractivity contribution in [3.8, 4) is 0 Å². The lowest BCUT2D eigenvalue weighted by molar-refractivity contribution is 0.197. The highest BCUT2D eigenvalue weighted by Crippen LogP contribution is 2.27. The van der Waals surface area contributed by atoms with Crippen molar-refractivity contribution >= 4 is 5.96 Å². The van der Waals surface area contributed by atoms with E-state index >= 15 is 0 Å². The molecule has 0 aromatic carbocycles. The van der Waals surface area contributed by atoms with Crippen molar-refractivity contribution in [3.63, 3.8) is 0 Å². The van der Waals surface area contributed by atoms with Gasteiger partial charge in [-0.2, -0.15) is 0 Å². The molecule has 1 fully saturated rings. The van der Waals surface area contributed by atoms with E-state index in [2.05, 4.69) is 22.7 Å². The molecule has 1 saturated carbocycles. The molecule has 0 bridgehead atoms. The largest absolute Gasteiger partial charge is 0.385 e. The van der Waals surface area contributed by atoms with Gasteiger partial charge in [0.2, 0.25) is 5.96 Å². The number of aliphatic imine (C=N–C) groups is 1. The van der Waals surface area contributed by atoms with E-state index < -0.39 is 0 Å². The Hall–Kier alpha value is -0.810. The highest BCUT2D eigenvalue weighted by molar-refractivity contribution is 5.79. The van der Waals surface area contributed by atoms with E-state index in [-0.39, 0.29) is 0 Å². The number of nitrogens with zero attached hydrogens (tertiary/aromatic N) is 1. The number of nitrogens with one attached hydrogen (secondary N) is 2. The first-order chi connectivity index (χ1) is 9.30. The number of rotatable bonds is 7. The third-order valence-electron chi connectivity index (χ3n) is 3.80. The third-order valence-corrected chi connectivity index (χ3v) is 3.80. The van der Waals surface area contributed by atoms with E-state index in [4.69, 9.17) is 10.6 Å². The van der Waals surface area contributed by atoms with E-state index in [1.165, 1.54) is 38.5 Å². The molecular formula is C14H30N4O. The molecule has 0 spiro atoms. The fourth-order valence-corrected chi connectivity index (χ4v) is 2.73. The predicted molar refractivity (Wildman–Crippen MR) is 79.9 cm³/mol. The molecule has 0 heterocycles. The maximum Gasteiger partial charge on any atom is 0.205 e. The van der Waals surface area contributed by atoms with Gasteiger partial charge >= 0.3 is 0 Å². The molecule has 0 saturated heterocycles. The van der Waals surface area contributed by atoms with Crippen molar-refractivity contribution in [1.29, 1.82) is 0 Å². The fourth-order valence-electron chi connectivity index (χ4n) is 2.73. The van der Waals surface area contributed by atoms with Gasteiger partial charge in [-0.05, 0) is 38.0 Å². The Morgan fingerprint density at radius 3 is 2.63 bits per heavy atom. The standard InChI is InChI=1S/C14H30N4O/c1-3-5-12-6-8-13(9-7-12)17-14(18-15)16-10-4-11-19-2/h12-13H,3-11,15H2,1-2H3,(H2,16,17,18). The minimum atomic E-state index is 0.519. The molecule has 0 radical (unpaired) electrons. The van der Waals surface area contributed by atoms with Gasteiger partial charge in [0.25, 0.3) is 0 Å². The Kier molecular flexibility index (Phi) is 8.58. The summed E-state index contributed by atoms with van der Waals surface area (Å²) in [6.45, 7) is 3.75. The highest BCUT2D eigenvalue weighted by atomic mass is 16.5. The van der Waals surface area contributed by atoms with Crippen LogP contribution in [0.3, 0.4) is 0 Å². The summed E-state index contributed by atoms with van der Waals surface area (Å²) in [5.74, 6) is 7.15. The van der Waals surface area contributed by atoms with Gasteiger partial charge in [0.05, 0.1) is 0 Å². The van der Waals surface area contributed by atoms with Gasteiger partial charge in [0, 0.05) is 26.3 Å². The van der Waals surface area contributed by atoms with Gasteiger partial charge in [-0.3, -0.25) is 10.4 Å². The summed E-state index contributed by atoms with van der Waals surface area (Å²) in [5.41, 5.74) is 2.66. The first-order valence-corrected chi connectivity index (χ1v) is 7.56. The first-order valence-electron chi connectivity index (χ1n) is 7.56. The van der Waals surface area contributed by atoms with Gasteiger partial charge < -0.3 is 10.1 Å². The number of hydrogen-bond donors (Lipinski definition) is 3. The zero-order chi connectivity index (χ0) is 13.9. The van der Waals surface area contributed by atoms with E-state index in [1.807, 2.05) is 0 Å². The number of hydrazine groups is 1. The van der Waals surface area contributed by atoms with Crippen molar-refractivity contribution in [3.05, 3.63) is 0 Å². The average Bonchev–Trinajstić information content (AvgIpc) is 2.44. The van der Waals surface area contributed by atoms with Crippen LogP contribution < -0.4 is 16.6 Å². The van der Waals surface area contributed by atoms with Gasteiger partial charge in [-0.25, -0.2) is 5.84 Å². The Balaban J connectivity index is 2.24. The van der Waals surface area contributed by atoms with Crippen LogP contribution in [-0.4, -0.2) is 32.3 Å². The predicted octanol–water partition coefficient (Wildman–Crippen LogP) is 1.79. The van der Waals surface area contributed by atoms with Crippen LogP contribution in [0.25, 0.3) is 0 Å². The molecule has 1 aliphatic carbocycles. The molecule has 5 heteroatoms.